The average Bonchev–Trinajstić information content (AvgIpc) is 3.07. The van der Waals surface area contributed by atoms with Gasteiger partial charge in [0.15, 0.2) is 11.3 Å². The van der Waals surface area contributed by atoms with E-state index in [1.807, 2.05) is 0 Å². The van der Waals surface area contributed by atoms with Crippen molar-refractivity contribution in [2.75, 3.05) is 0 Å². The van der Waals surface area contributed by atoms with E-state index in [0.717, 1.165) is 10.6 Å². The molecule has 0 fully saturated rings. The molecule has 0 amide bonds. The second kappa shape index (κ2) is 6.51. The first-order valence-electron chi connectivity index (χ1n) is 7.67. The first kappa shape index (κ1) is 17.8. The van der Waals surface area contributed by atoms with Crippen LogP contribution in [0.2, 0.25) is 10.0 Å². The molecule has 3 aromatic heterocycles. The zero-order valence-electron chi connectivity index (χ0n) is 13.4. The van der Waals surface area contributed by atoms with Crippen LogP contribution in [0.3, 0.4) is 0 Å². The molecule has 9 heteroatoms. The van der Waals surface area contributed by atoms with Crippen molar-refractivity contribution in [1.29, 1.82) is 0 Å². The number of hydrogen-bond acceptors (Lipinski definition) is 3. The molecule has 0 bridgehead atoms. The second-order valence-electron chi connectivity index (χ2n) is 5.66. The normalized spacial score (nSPS) is 11.9. The molecule has 0 N–H and O–H groups in total. The minimum Gasteiger partial charge on any atom is -0.256 e. The van der Waals surface area contributed by atoms with Crippen molar-refractivity contribution in [3.63, 3.8) is 0 Å². The van der Waals surface area contributed by atoms with Gasteiger partial charge in [-0.2, -0.15) is 18.3 Å². The van der Waals surface area contributed by atoms with E-state index < -0.39 is 11.9 Å². The van der Waals surface area contributed by atoms with Crippen molar-refractivity contribution >= 4 is 28.8 Å². The summed E-state index contributed by atoms with van der Waals surface area (Å²) < 4.78 is 41.6. The predicted molar refractivity (Wildman–Crippen MR) is 96.7 cm³/mol. The molecule has 0 spiro atoms. The van der Waals surface area contributed by atoms with Crippen LogP contribution in [0, 0.1) is 0 Å². The summed E-state index contributed by atoms with van der Waals surface area (Å²) in [5.74, 6) is 0. The van der Waals surface area contributed by atoms with Gasteiger partial charge in [-0.1, -0.05) is 35.3 Å². The lowest BCUT2D eigenvalue weighted by Crippen LogP contribution is -2.13. The molecule has 0 saturated carbocycles. The highest BCUT2D eigenvalue weighted by atomic mass is 35.5. The fourth-order valence-electron chi connectivity index (χ4n) is 2.67. The lowest BCUT2D eigenvalue weighted by Gasteiger charge is -2.12. The van der Waals surface area contributed by atoms with Gasteiger partial charge in [-0.15, -0.1) is 0 Å². The molecule has 3 heterocycles. The summed E-state index contributed by atoms with van der Waals surface area (Å²) in [6.07, 6.45) is -1.76. The van der Waals surface area contributed by atoms with Gasteiger partial charge in [0.25, 0.3) is 0 Å². The Morgan fingerprint density at radius 3 is 2.41 bits per heavy atom. The van der Waals surface area contributed by atoms with Gasteiger partial charge in [0, 0.05) is 11.8 Å². The lowest BCUT2D eigenvalue weighted by atomic mass is 10.1. The number of aromatic nitrogens is 4. The Hall–Kier alpha value is -2.64. The number of pyridine rings is 1. The quantitative estimate of drug-likeness (QED) is 0.421. The Kier molecular flexibility index (Phi) is 4.28. The van der Waals surface area contributed by atoms with Crippen molar-refractivity contribution < 1.29 is 13.2 Å². The van der Waals surface area contributed by atoms with Crippen LogP contribution in [0.1, 0.15) is 5.69 Å². The van der Waals surface area contributed by atoms with Gasteiger partial charge < -0.3 is 0 Å². The third-order valence-corrected chi connectivity index (χ3v) is 4.66. The Morgan fingerprint density at radius 1 is 0.926 bits per heavy atom. The van der Waals surface area contributed by atoms with Crippen LogP contribution < -0.4 is 0 Å². The highest BCUT2D eigenvalue weighted by Crippen LogP contribution is 2.35. The molecule has 1 aromatic carbocycles. The molecule has 0 aliphatic carbocycles. The monoisotopic (exact) mass is 408 g/mol. The summed E-state index contributed by atoms with van der Waals surface area (Å²) in [4.78, 5) is 8.56. The zero-order valence-corrected chi connectivity index (χ0v) is 14.9. The second-order valence-corrected chi connectivity index (χ2v) is 6.48. The molecule has 4 rings (SSSR count). The summed E-state index contributed by atoms with van der Waals surface area (Å²) >= 11 is 11.9. The van der Waals surface area contributed by atoms with Gasteiger partial charge in [0.05, 0.1) is 33.2 Å². The SMILES string of the molecule is FC(F)(F)c1cc(-c2ccc(Cl)c(Cl)c2)nc2c(-c3ccccn3)cnn12. The van der Waals surface area contributed by atoms with Gasteiger partial charge in [0.1, 0.15) is 0 Å². The first-order chi connectivity index (χ1) is 12.8. The molecule has 0 radical (unpaired) electrons. The van der Waals surface area contributed by atoms with E-state index in [9.17, 15) is 13.2 Å². The van der Waals surface area contributed by atoms with Gasteiger partial charge in [-0.05, 0) is 30.3 Å². The third kappa shape index (κ3) is 3.24. The number of rotatable bonds is 2. The van der Waals surface area contributed by atoms with Gasteiger partial charge in [0.2, 0.25) is 0 Å². The molecule has 4 aromatic rings. The zero-order chi connectivity index (χ0) is 19.2. The number of benzene rings is 1. The van der Waals surface area contributed by atoms with Crippen LogP contribution in [0.5, 0.6) is 0 Å². The van der Waals surface area contributed by atoms with E-state index in [0.29, 0.717) is 21.8 Å². The Balaban J connectivity index is 2.01. The van der Waals surface area contributed by atoms with Crippen LogP contribution in [-0.4, -0.2) is 19.6 Å². The van der Waals surface area contributed by atoms with Crippen molar-refractivity contribution in [1.82, 2.24) is 19.6 Å². The topological polar surface area (TPSA) is 43.1 Å². The molecule has 0 aliphatic heterocycles. The maximum atomic E-state index is 13.6. The van der Waals surface area contributed by atoms with E-state index in [1.54, 1.807) is 30.5 Å². The number of alkyl halides is 3. The van der Waals surface area contributed by atoms with E-state index in [-0.39, 0.29) is 16.4 Å². The van der Waals surface area contributed by atoms with E-state index in [1.165, 1.54) is 18.3 Å². The summed E-state index contributed by atoms with van der Waals surface area (Å²) in [7, 11) is 0. The van der Waals surface area contributed by atoms with Gasteiger partial charge in [-0.25, -0.2) is 9.50 Å². The van der Waals surface area contributed by atoms with Crippen LogP contribution in [-0.2, 0) is 6.18 Å². The number of fused-ring (bicyclic) bond motifs is 1. The molecule has 4 nitrogen and oxygen atoms in total. The summed E-state index contributed by atoms with van der Waals surface area (Å²) in [5.41, 5.74) is 0.472. The standard InChI is InChI=1S/C18H9Cl2F3N4/c19-12-5-4-10(7-13(12)20)15-8-16(18(21,22)23)27-17(26-15)11(9-25-27)14-3-1-2-6-24-14/h1-9H. The summed E-state index contributed by atoms with van der Waals surface area (Å²) in [6.45, 7) is 0. The van der Waals surface area contributed by atoms with Crippen LogP contribution in [0.4, 0.5) is 13.2 Å². The van der Waals surface area contributed by atoms with Gasteiger partial charge in [-0.3, -0.25) is 4.98 Å². The molecule has 0 aliphatic rings. The van der Waals surface area contributed by atoms with Crippen molar-refractivity contribution in [2.24, 2.45) is 0 Å². The fourth-order valence-corrected chi connectivity index (χ4v) is 2.97. The van der Waals surface area contributed by atoms with Gasteiger partial charge >= 0.3 is 6.18 Å². The minimum atomic E-state index is -4.63. The molecule has 0 atom stereocenters. The van der Waals surface area contributed by atoms with E-state index in [4.69, 9.17) is 23.2 Å². The molecular formula is C18H9Cl2F3N4. The molecule has 0 unspecified atom stereocenters. The number of nitrogens with zero attached hydrogens (tertiary/aromatic N) is 4. The van der Waals surface area contributed by atoms with E-state index >= 15 is 0 Å². The van der Waals surface area contributed by atoms with Crippen LogP contribution in [0.25, 0.3) is 28.2 Å². The predicted octanol–water partition coefficient (Wildman–Crippen LogP) is 5.78. The third-order valence-electron chi connectivity index (χ3n) is 3.92. The number of halogens is 5. The smallest absolute Gasteiger partial charge is 0.256 e. The molecule has 136 valence electrons. The lowest BCUT2D eigenvalue weighted by molar-refractivity contribution is -0.142. The highest BCUT2D eigenvalue weighted by molar-refractivity contribution is 6.42. The minimum absolute atomic E-state index is 0.0459. The average molecular weight is 409 g/mol. The van der Waals surface area contributed by atoms with Crippen molar-refractivity contribution in [3.05, 3.63) is 70.6 Å². The summed E-state index contributed by atoms with van der Waals surface area (Å²) in [5, 5.41) is 4.40. The van der Waals surface area contributed by atoms with Crippen LogP contribution in [0.15, 0.2) is 54.9 Å². The Labute approximate surface area is 161 Å². The first-order valence-corrected chi connectivity index (χ1v) is 8.43. The van der Waals surface area contributed by atoms with E-state index in [2.05, 4.69) is 15.1 Å². The van der Waals surface area contributed by atoms with Crippen molar-refractivity contribution in [3.8, 4) is 22.5 Å². The maximum absolute atomic E-state index is 13.6. The molecule has 27 heavy (non-hydrogen) atoms. The number of hydrogen-bond donors (Lipinski definition) is 0. The maximum Gasteiger partial charge on any atom is 0.433 e. The molecular weight excluding hydrogens is 400 g/mol. The summed E-state index contributed by atoms with van der Waals surface area (Å²) in [6, 6.07) is 10.6. The Morgan fingerprint density at radius 2 is 1.74 bits per heavy atom. The Bertz CT molecular complexity index is 1140. The fraction of sp³-hybridized carbons (Fsp3) is 0.0556. The van der Waals surface area contributed by atoms with Crippen LogP contribution >= 0.6 is 23.2 Å². The molecule has 0 saturated heterocycles. The largest absolute Gasteiger partial charge is 0.433 e. The van der Waals surface area contributed by atoms with Crippen molar-refractivity contribution in [2.45, 2.75) is 6.18 Å². The highest BCUT2D eigenvalue weighted by Gasteiger charge is 2.35.